The van der Waals surface area contributed by atoms with E-state index in [4.69, 9.17) is 5.73 Å². The third-order valence-corrected chi connectivity index (χ3v) is 2.02. The number of hydrogen-bond acceptors (Lipinski definition) is 2. The minimum Gasteiger partial charge on any atom is -0.352 e. The van der Waals surface area contributed by atoms with Gasteiger partial charge in [-0.25, -0.2) is 0 Å². The van der Waals surface area contributed by atoms with Crippen molar-refractivity contribution in [3.8, 4) is 0 Å². The summed E-state index contributed by atoms with van der Waals surface area (Å²) in [6.45, 7) is 4.02. The Morgan fingerprint density at radius 2 is 2.29 bits per heavy atom. The molecule has 76 valence electrons. The van der Waals surface area contributed by atoms with Gasteiger partial charge in [0.1, 0.15) is 0 Å². The molecule has 0 bridgehead atoms. The molecule has 0 saturated carbocycles. The molecule has 0 heterocycles. The lowest BCUT2D eigenvalue weighted by Crippen LogP contribution is -2.19. The van der Waals surface area contributed by atoms with Gasteiger partial charge in [-0.1, -0.05) is 24.3 Å². The molecule has 3 N–H and O–H groups in total. The Morgan fingerprint density at radius 1 is 1.57 bits per heavy atom. The van der Waals surface area contributed by atoms with Gasteiger partial charge in [0, 0.05) is 19.5 Å². The van der Waals surface area contributed by atoms with E-state index >= 15 is 0 Å². The minimum atomic E-state index is -0.0174. The van der Waals surface area contributed by atoms with Gasteiger partial charge in [-0.15, -0.1) is 0 Å². The van der Waals surface area contributed by atoms with Crippen LogP contribution in [0.3, 0.4) is 0 Å². The van der Waals surface area contributed by atoms with Crippen molar-refractivity contribution in [2.75, 3.05) is 0 Å². The van der Waals surface area contributed by atoms with Crippen LogP contribution in [0.4, 0.5) is 0 Å². The van der Waals surface area contributed by atoms with Crippen molar-refractivity contribution in [1.82, 2.24) is 5.32 Å². The van der Waals surface area contributed by atoms with Crippen molar-refractivity contribution >= 4 is 5.91 Å². The standard InChI is InChI=1S/C11H16N2O/c1-8(12)11-5-3-4-10(6-11)7-13-9(2)14/h3-6,8H,7,12H2,1-2H3,(H,13,14). The highest BCUT2D eigenvalue weighted by Crippen LogP contribution is 2.11. The van der Waals surface area contributed by atoms with Gasteiger partial charge in [0.25, 0.3) is 0 Å². The molecule has 1 aromatic rings. The Balaban J connectivity index is 2.68. The van der Waals surface area contributed by atoms with Gasteiger partial charge < -0.3 is 11.1 Å². The smallest absolute Gasteiger partial charge is 0.217 e. The van der Waals surface area contributed by atoms with Crippen LogP contribution in [0.25, 0.3) is 0 Å². The largest absolute Gasteiger partial charge is 0.352 e. The zero-order valence-corrected chi connectivity index (χ0v) is 8.58. The molecule has 0 saturated heterocycles. The quantitative estimate of drug-likeness (QED) is 0.759. The molecular weight excluding hydrogens is 176 g/mol. The maximum absolute atomic E-state index is 10.7. The minimum absolute atomic E-state index is 0.0174. The Bertz CT molecular complexity index is 321. The van der Waals surface area contributed by atoms with Crippen LogP contribution in [0.2, 0.25) is 0 Å². The molecule has 3 heteroatoms. The van der Waals surface area contributed by atoms with Crippen molar-refractivity contribution in [3.05, 3.63) is 35.4 Å². The maximum Gasteiger partial charge on any atom is 0.217 e. The molecule has 0 aliphatic heterocycles. The lowest BCUT2D eigenvalue weighted by atomic mass is 10.1. The van der Waals surface area contributed by atoms with Crippen LogP contribution in [0.1, 0.15) is 31.0 Å². The molecule has 1 rings (SSSR count). The predicted molar refractivity (Wildman–Crippen MR) is 56.6 cm³/mol. The van der Waals surface area contributed by atoms with Crippen LogP contribution in [0, 0.1) is 0 Å². The Morgan fingerprint density at radius 3 is 2.86 bits per heavy atom. The normalized spacial score (nSPS) is 12.2. The molecule has 1 atom stereocenters. The number of benzene rings is 1. The second-order valence-electron chi connectivity index (χ2n) is 3.44. The fourth-order valence-electron chi connectivity index (χ4n) is 1.21. The van der Waals surface area contributed by atoms with E-state index in [1.165, 1.54) is 6.92 Å². The molecular formula is C11H16N2O. The molecule has 1 unspecified atom stereocenters. The third kappa shape index (κ3) is 3.18. The van der Waals surface area contributed by atoms with Gasteiger partial charge >= 0.3 is 0 Å². The third-order valence-electron chi connectivity index (χ3n) is 2.02. The van der Waals surface area contributed by atoms with Crippen molar-refractivity contribution < 1.29 is 4.79 Å². The second kappa shape index (κ2) is 4.77. The van der Waals surface area contributed by atoms with Crippen molar-refractivity contribution in [3.63, 3.8) is 0 Å². The van der Waals surface area contributed by atoms with Gasteiger partial charge in [0.15, 0.2) is 0 Å². The molecule has 3 nitrogen and oxygen atoms in total. The first kappa shape index (κ1) is 10.7. The van der Waals surface area contributed by atoms with Crippen LogP contribution >= 0.6 is 0 Å². The molecule has 1 aromatic carbocycles. The van der Waals surface area contributed by atoms with Crippen LogP contribution in [-0.2, 0) is 11.3 Å². The first-order chi connectivity index (χ1) is 6.59. The summed E-state index contributed by atoms with van der Waals surface area (Å²) in [7, 11) is 0. The van der Waals surface area contributed by atoms with Gasteiger partial charge in [-0.05, 0) is 18.1 Å². The summed E-state index contributed by atoms with van der Waals surface area (Å²) in [6.07, 6.45) is 0. The lowest BCUT2D eigenvalue weighted by Gasteiger charge is -2.08. The fourth-order valence-corrected chi connectivity index (χ4v) is 1.21. The van der Waals surface area contributed by atoms with Gasteiger partial charge in [0.05, 0.1) is 0 Å². The van der Waals surface area contributed by atoms with E-state index in [1.54, 1.807) is 0 Å². The number of carbonyl (C=O) groups is 1. The fraction of sp³-hybridized carbons (Fsp3) is 0.364. The Hall–Kier alpha value is -1.35. The SMILES string of the molecule is CC(=O)NCc1cccc(C(C)N)c1. The van der Waals surface area contributed by atoms with E-state index in [0.29, 0.717) is 6.54 Å². The molecule has 0 fully saturated rings. The highest BCUT2D eigenvalue weighted by Gasteiger charge is 2.00. The van der Waals surface area contributed by atoms with E-state index < -0.39 is 0 Å². The van der Waals surface area contributed by atoms with Crippen molar-refractivity contribution in [2.24, 2.45) is 5.73 Å². The van der Waals surface area contributed by atoms with Gasteiger partial charge in [-0.2, -0.15) is 0 Å². The summed E-state index contributed by atoms with van der Waals surface area (Å²) in [6, 6.07) is 7.97. The highest BCUT2D eigenvalue weighted by atomic mass is 16.1. The molecule has 0 radical (unpaired) electrons. The zero-order valence-electron chi connectivity index (χ0n) is 8.58. The van der Waals surface area contributed by atoms with Crippen LogP contribution in [0.5, 0.6) is 0 Å². The number of hydrogen-bond donors (Lipinski definition) is 2. The number of amides is 1. The highest BCUT2D eigenvalue weighted by molar-refractivity contribution is 5.72. The van der Waals surface area contributed by atoms with E-state index in [-0.39, 0.29) is 11.9 Å². The summed E-state index contributed by atoms with van der Waals surface area (Å²) in [5.74, 6) is -0.0174. The number of carbonyl (C=O) groups excluding carboxylic acids is 1. The second-order valence-corrected chi connectivity index (χ2v) is 3.44. The van der Waals surface area contributed by atoms with Gasteiger partial charge in [0.2, 0.25) is 5.91 Å². The zero-order chi connectivity index (χ0) is 10.6. The molecule has 14 heavy (non-hydrogen) atoms. The Labute approximate surface area is 84.3 Å². The van der Waals surface area contributed by atoms with Crippen LogP contribution < -0.4 is 11.1 Å². The number of nitrogens with two attached hydrogens (primary N) is 1. The number of nitrogens with one attached hydrogen (secondary N) is 1. The molecule has 0 aliphatic carbocycles. The molecule has 1 amide bonds. The average Bonchev–Trinajstić information content (AvgIpc) is 2.15. The molecule has 0 aromatic heterocycles. The maximum atomic E-state index is 10.7. The average molecular weight is 192 g/mol. The van der Waals surface area contributed by atoms with E-state index in [9.17, 15) is 4.79 Å². The topological polar surface area (TPSA) is 55.1 Å². The summed E-state index contributed by atoms with van der Waals surface area (Å²) in [4.78, 5) is 10.7. The first-order valence-electron chi connectivity index (χ1n) is 4.68. The summed E-state index contributed by atoms with van der Waals surface area (Å²) in [5.41, 5.74) is 7.92. The van der Waals surface area contributed by atoms with Crippen LogP contribution in [0.15, 0.2) is 24.3 Å². The number of rotatable bonds is 3. The Kier molecular flexibility index (Phi) is 3.65. The van der Waals surface area contributed by atoms with E-state index in [2.05, 4.69) is 5.32 Å². The summed E-state index contributed by atoms with van der Waals surface area (Å²) in [5, 5.41) is 2.75. The van der Waals surface area contributed by atoms with Crippen molar-refractivity contribution in [1.29, 1.82) is 0 Å². The predicted octanol–water partition coefficient (Wildman–Crippen LogP) is 1.34. The van der Waals surface area contributed by atoms with E-state index in [1.807, 2.05) is 31.2 Å². The molecule has 0 aliphatic rings. The monoisotopic (exact) mass is 192 g/mol. The lowest BCUT2D eigenvalue weighted by molar-refractivity contribution is -0.119. The van der Waals surface area contributed by atoms with Gasteiger partial charge in [-0.3, -0.25) is 4.79 Å². The summed E-state index contributed by atoms with van der Waals surface area (Å²) < 4.78 is 0. The van der Waals surface area contributed by atoms with Crippen LogP contribution in [-0.4, -0.2) is 5.91 Å². The van der Waals surface area contributed by atoms with E-state index in [0.717, 1.165) is 11.1 Å². The first-order valence-corrected chi connectivity index (χ1v) is 4.68. The molecule has 0 spiro atoms. The summed E-state index contributed by atoms with van der Waals surface area (Å²) >= 11 is 0. The van der Waals surface area contributed by atoms with Crippen molar-refractivity contribution in [2.45, 2.75) is 26.4 Å².